The number of hydrogen-bond donors (Lipinski definition) is 0. The maximum absolute atomic E-state index is 5.81. The Balaban J connectivity index is 2.19. The predicted octanol–water partition coefficient (Wildman–Crippen LogP) is 3.69. The Bertz CT molecular complexity index is 290. The van der Waals surface area contributed by atoms with E-state index in [1.54, 1.807) is 0 Å². The molecule has 14 heavy (non-hydrogen) atoms. The van der Waals surface area contributed by atoms with Crippen LogP contribution in [0.4, 0.5) is 0 Å². The Labute approximate surface area is 93.6 Å². The first-order valence-electron chi connectivity index (χ1n) is 5.05. The molecular formula is C12H15BrO. The second kappa shape index (κ2) is 4.03. The minimum atomic E-state index is -0.0264. The molecule has 0 N–H and O–H groups in total. The SMILES string of the molecule is CC1(C(Br)c2ccccc2)CCCO1. The molecule has 0 aromatic heterocycles. The molecule has 0 aliphatic carbocycles. The minimum absolute atomic E-state index is 0.0264. The Hall–Kier alpha value is -0.340. The van der Waals surface area contributed by atoms with Gasteiger partial charge in [-0.15, -0.1) is 0 Å². The van der Waals surface area contributed by atoms with E-state index in [1.807, 2.05) is 6.07 Å². The summed E-state index contributed by atoms with van der Waals surface area (Å²) in [5.74, 6) is 0. The first-order valence-corrected chi connectivity index (χ1v) is 5.97. The third-order valence-electron chi connectivity index (χ3n) is 2.88. The molecule has 1 fully saturated rings. The maximum atomic E-state index is 5.81. The van der Waals surface area contributed by atoms with Gasteiger partial charge in [0.15, 0.2) is 0 Å². The van der Waals surface area contributed by atoms with Gasteiger partial charge in [-0.05, 0) is 25.3 Å². The molecule has 76 valence electrons. The normalized spacial score (nSPS) is 29.0. The number of halogens is 1. The summed E-state index contributed by atoms with van der Waals surface area (Å²) in [6.07, 6.45) is 2.31. The lowest BCUT2D eigenvalue weighted by Crippen LogP contribution is -2.28. The van der Waals surface area contributed by atoms with Gasteiger partial charge in [0, 0.05) is 6.61 Å². The van der Waals surface area contributed by atoms with Gasteiger partial charge in [-0.1, -0.05) is 46.3 Å². The summed E-state index contributed by atoms with van der Waals surface area (Å²) in [5, 5.41) is 0. The average Bonchev–Trinajstić information content (AvgIpc) is 2.67. The molecule has 1 aromatic carbocycles. The molecule has 2 unspecified atom stereocenters. The van der Waals surface area contributed by atoms with Crippen LogP contribution >= 0.6 is 15.9 Å². The van der Waals surface area contributed by atoms with Gasteiger partial charge in [0.25, 0.3) is 0 Å². The fourth-order valence-corrected chi connectivity index (χ4v) is 2.64. The number of rotatable bonds is 2. The molecule has 1 aromatic rings. The van der Waals surface area contributed by atoms with Crippen LogP contribution in [0, 0.1) is 0 Å². The zero-order valence-corrected chi connectivity index (χ0v) is 9.96. The van der Waals surface area contributed by atoms with Crippen molar-refractivity contribution in [3.8, 4) is 0 Å². The molecule has 2 heteroatoms. The van der Waals surface area contributed by atoms with E-state index in [4.69, 9.17) is 4.74 Å². The molecule has 1 heterocycles. The van der Waals surface area contributed by atoms with Crippen LogP contribution in [0.5, 0.6) is 0 Å². The Morgan fingerprint density at radius 1 is 1.36 bits per heavy atom. The van der Waals surface area contributed by atoms with Gasteiger partial charge in [0.05, 0.1) is 10.4 Å². The highest BCUT2D eigenvalue weighted by atomic mass is 79.9. The van der Waals surface area contributed by atoms with Crippen LogP contribution in [0.25, 0.3) is 0 Å². The maximum Gasteiger partial charge on any atom is 0.0820 e. The smallest absolute Gasteiger partial charge is 0.0820 e. The molecule has 1 aliphatic heterocycles. The molecule has 0 amide bonds. The van der Waals surface area contributed by atoms with Gasteiger partial charge in [-0.2, -0.15) is 0 Å². The van der Waals surface area contributed by atoms with E-state index in [0.717, 1.165) is 13.0 Å². The molecule has 0 saturated carbocycles. The summed E-state index contributed by atoms with van der Waals surface area (Å²) in [6, 6.07) is 10.5. The molecule has 0 spiro atoms. The van der Waals surface area contributed by atoms with Crippen molar-refractivity contribution in [2.45, 2.75) is 30.2 Å². The van der Waals surface area contributed by atoms with Crippen LogP contribution in [0.15, 0.2) is 30.3 Å². The minimum Gasteiger partial charge on any atom is -0.374 e. The summed E-state index contributed by atoms with van der Waals surface area (Å²) in [7, 11) is 0. The fourth-order valence-electron chi connectivity index (χ4n) is 1.98. The van der Waals surface area contributed by atoms with E-state index in [0.29, 0.717) is 4.83 Å². The van der Waals surface area contributed by atoms with Crippen molar-refractivity contribution in [3.05, 3.63) is 35.9 Å². The average molecular weight is 255 g/mol. The van der Waals surface area contributed by atoms with Crippen molar-refractivity contribution in [1.82, 2.24) is 0 Å². The van der Waals surface area contributed by atoms with E-state index in [-0.39, 0.29) is 5.60 Å². The zero-order valence-electron chi connectivity index (χ0n) is 8.37. The topological polar surface area (TPSA) is 9.23 Å². The van der Waals surface area contributed by atoms with Crippen LogP contribution in [0.2, 0.25) is 0 Å². The Morgan fingerprint density at radius 2 is 2.07 bits per heavy atom. The number of ether oxygens (including phenoxy) is 1. The third-order valence-corrected chi connectivity index (χ3v) is 4.37. The van der Waals surface area contributed by atoms with Gasteiger partial charge in [0.2, 0.25) is 0 Å². The Morgan fingerprint density at radius 3 is 2.64 bits per heavy atom. The van der Waals surface area contributed by atoms with E-state index in [2.05, 4.69) is 47.1 Å². The zero-order chi connectivity index (χ0) is 10.0. The summed E-state index contributed by atoms with van der Waals surface area (Å²) < 4.78 is 5.81. The summed E-state index contributed by atoms with van der Waals surface area (Å²) in [5.41, 5.74) is 1.28. The highest BCUT2D eigenvalue weighted by Gasteiger charge is 2.37. The van der Waals surface area contributed by atoms with Crippen LogP contribution in [-0.4, -0.2) is 12.2 Å². The lowest BCUT2D eigenvalue weighted by Gasteiger charge is -2.29. The second-order valence-electron chi connectivity index (χ2n) is 4.04. The van der Waals surface area contributed by atoms with Crippen LogP contribution < -0.4 is 0 Å². The lowest BCUT2D eigenvalue weighted by atomic mass is 9.93. The van der Waals surface area contributed by atoms with Gasteiger partial charge in [-0.3, -0.25) is 0 Å². The van der Waals surface area contributed by atoms with Gasteiger partial charge in [0.1, 0.15) is 0 Å². The standard InChI is InChI=1S/C12H15BrO/c1-12(8-5-9-14-12)11(13)10-6-3-2-4-7-10/h2-4,6-7,11H,5,8-9H2,1H3. The second-order valence-corrected chi connectivity index (χ2v) is 4.95. The molecule has 1 nitrogen and oxygen atoms in total. The molecule has 1 aliphatic rings. The quantitative estimate of drug-likeness (QED) is 0.732. The van der Waals surface area contributed by atoms with E-state index in [9.17, 15) is 0 Å². The Kier molecular flexibility index (Phi) is 2.93. The molecule has 2 rings (SSSR count). The van der Waals surface area contributed by atoms with Gasteiger partial charge >= 0.3 is 0 Å². The van der Waals surface area contributed by atoms with Crippen LogP contribution in [-0.2, 0) is 4.74 Å². The monoisotopic (exact) mass is 254 g/mol. The van der Waals surface area contributed by atoms with Crippen LogP contribution in [0.1, 0.15) is 30.2 Å². The highest BCUT2D eigenvalue weighted by Crippen LogP contribution is 2.42. The van der Waals surface area contributed by atoms with E-state index >= 15 is 0 Å². The fraction of sp³-hybridized carbons (Fsp3) is 0.500. The van der Waals surface area contributed by atoms with Crippen LogP contribution in [0.3, 0.4) is 0 Å². The van der Waals surface area contributed by atoms with Gasteiger partial charge in [-0.25, -0.2) is 0 Å². The molecule has 1 saturated heterocycles. The van der Waals surface area contributed by atoms with Crippen molar-refractivity contribution < 1.29 is 4.74 Å². The summed E-state index contributed by atoms with van der Waals surface area (Å²) in [4.78, 5) is 0.304. The van der Waals surface area contributed by atoms with Gasteiger partial charge < -0.3 is 4.74 Å². The number of alkyl halides is 1. The molecular weight excluding hydrogens is 240 g/mol. The first kappa shape index (κ1) is 10.2. The van der Waals surface area contributed by atoms with Crippen molar-refractivity contribution >= 4 is 15.9 Å². The van der Waals surface area contributed by atoms with Crippen molar-refractivity contribution in [3.63, 3.8) is 0 Å². The number of hydrogen-bond acceptors (Lipinski definition) is 1. The lowest BCUT2D eigenvalue weighted by molar-refractivity contribution is 0.0197. The van der Waals surface area contributed by atoms with Crippen molar-refractivity contribution in [2.24, 2.45) is 0 Å². The summed E-state index contributed by atoms with van der Waals surface area (Å²) in [6.45, 7) is 3.08. The molecule has 2 atom stereocenters. The highest BCUT2D eigenvalue weighted by molar-refractivity contribution is 9.09. The van der Waals surface area contributed by atoms with Crippen molar-refractivity contribution in [1.29, 1.82) is 0 Å². The molecule has 0 radical (unpaired) electrons. The van der Waals surface area contributed by atoms with E-state index in [1.165, 1.54) is 12.0 Å². The first-order chi connectivity index (χ1) is 6.72. The predicted molar refractivity (Wildman–Crippen MR) is 61.7 cm³/mol. The largest absolute Gasteiger partial charge is 0.374 e. The number of benzene rings is 1. The molecule has 0 bridgehead atoms. The summed E-state index contributed by atoms with van der Waals surface area (Å²) >= 11 is 3.74. The van der Waals surface area contributed by atoms with E-state index < -0.39 is 0 Å². The third kappa shape index (κ3) is 1.86. The van der Waals surface area contributed by atoms with Crippen molar-refractivity contribution in [2.75, 3.05) is 6.61 Å².